The Kier molecular flexibility index (Phi) is 7.74. The van der Waals surface area contributed by atoms with Gasteiger partial charge < -0.3 is 5.11 Å². The molecule has 0 aliphatic carbocycles. The summed E-state index contributed by atoms with van der Waals surface area (Å²) in [6, 6.07) is 28.2. The van der Waals surface area contributed by atoms with Gasteiger partial charge >= 0.3 is 0 Å². The average molecular weight is 651 g/mol. The van der Waals surface area contributed by atoms with Gasteiger partial charge in [-0.25, -0.2) is 9.37 Å². The Balaban J connectivity index is 1.22. The third kappa shape index (κ3) is 5.43. The summed E-state index contributed by atoms with van der Waals surface area (Å²) in [5, 5.41) is 23.0. The van der Waals surface area contributed by atoms with E-state index in [0.29, 0.717) is 31.2 Å². The fraction of sp³-hybridized carbons (Fsp3) is 0.0882. The number of anilines is 1. The second-order valence-corrected chi connectivity index (χ2v) is 13.5. The lowest BCUT2D eigenvalue weighted by Crippen LogP contribution is -2.31. The van der Waals surface area contributed by atoms with Gasteiger partial charge in [-0.1, -0.05) is 108 Å². The lowest BCUT2D eigenvalue weighted by Gasteiger charge is -2.24. The average Bonchev–Trinajstić information content (AvgIpc) is 3.76. The Bertz CT molecular complexity index is 2100. The molecule has 222 valence electrons. The van der Waals surface area contributed by atoms with Crippen LogP contribution in [0.25, 0.3) is 21.3 Å². The summed E-state index contributed by atoms with van der Waals surface area (Å²) in [6.07, 6.45) is 0. The number of aryl methyl sites for hydroxylation is 1. The van der Waals surface area contributed by atoms with E-state index in [-0.39, 0.29) is 10.7 Å². The van der Waals surface area contributed by atoms with Gasteiger partial charge in [-0.05, 0) is 41.0 Å². The fourth-order valence-electron chi connectivity index (χ4n) is 5.34. The molecule has 1 N–H and O–H groups in total. The minimum absolute atomic E-state index is 0.113. The molecule has 0 bridgehead atoms. The third-order valence-electron chi connectivity index (χ3n) is 7.50. The molecule has 1 atom stereocenters. The molecule has 0 spiro atoms. The number of ketones is 1. The van der Waals surface area contributed by atoms with E-state index in [1.165, 1.54) is 63.6 Å². The molecule has 1 aliphatic rings. The molecule has 4 aromatic carbocycles. The van der Waals surface area contributed by atoms with Crippen LogP contribution in [0.15, 0.2) is 113 Å². The molecule has 0 saturated carbocycles. The number of thioether (sulfide) groups is 1. The van der Waals surface area contributed by atoms with E-state index in [1.807, 2.05) is 48.5 Å². The number of aliphatic hydroxyl groups excluding tert-OH is 1. The minimum Gasteiger partial charge on any atom is -0.503 e. The normalized spacial score (nSPS) is 14.9. The number of nitrogens with zero attached hydrogens (tertiary/aromatic N) is 4. The topological polar surface area (TPSA) is 96.3 Å². The van der Waals surface area contributed by atoms with Crippen LogP contribution in [-0.2, 0) is 10.5 Å². The standard InChI is InChI=1S/C34H23FN4O3S3/c1-19-30(44-31(36-19)22-9-3-2-4-10-22)28(40)26-27(21-14-16-24(35)17-15-21)39(32(42)29(26)41)33-37-38-34(45-33)43-18-23-12-7-11-20-8-5-6-13-25(20)23/h2-17,27,41H,18H2,1H3/t27-/m0/s1. The van der Waals surface area contributed by atoms with Crippen LogP contribution in [0.4, 0.5) is 9.52 Å². The van der Waals surface area contributed by atoms with E-state index in [1.54, 1.807) is 6.92 Å². The van der Waals surface area contributed by atoms with Crippen molar-refractivity contribution in [1.29, 1.82) is 0 Å². The van der Waals surface area contributed by atoms with Gasteiger partial charge in [0.25, 0.3) is 5.91 Å². The molecular formula is C34H23FN4O3S3. The van der Waals surface area contributed by atoms with Crippen molar-refractivity contribution >= 4 is 62.0 Å². The van der Waals surface area contributed by atoms with Crippen LogP contribution in [0, 0.1) is 12.7 Å². The summed E-state index contributed by atoms with van der Waals surface area (Å²) in [4.78, 5) is 34.0. The van der Waals surface area contributed by atoms with Crippen molar-refractivity contribution in [2.75, 3.05) is 4.90 Å². The Hall–Kier alpha value is -4.71. The van der Waals surface area contributed by atoms with Gasteiger partial charge in [-0.2, -0.15) is 0 Å². The molecule has 6 aromatic rings. The van der Waals surface area contributed by atoms with Gasteiger partial charge in [0.15, 0.2) is 10.1 Å². The van der Waals surface area contributed by atoms with Crippen molar-refractivity contribution in [2.24, 2.45) is 0 Å². The van der Waals surface area contributed by atoms with Crippen LogP contribution < -0.4 is 4.90 Å². The Morgan fingerprint density at radius 3 is 2.47 bits per heavy atom. The van der Waals surface area contributed by atoms with E-state index < -0.39 is 29.3 Å². The van der Waals surface area contributed by atoms with E-state index >= 15 is 0 Å². The molecule has 7 nitrogen and oxygen atoms in total. The van der Waals surface area contributed by atoms with Gasteiger partial charge in [0, 0.05) is 11.3 Å². The van der Waals surface area contributed by atoms with Gasteiger partial charge in [-0.3, -0.25) is 14.5 Å². The van der Waals surface area contributed by atoms with E-state index in [2.05, 4.69) is 39.4 Å². The van der Waals surface area contributed by atoms with Crippen molar-refractivity contribution in [2.45, 2.75) is 23.1 Å². The zero-order chi connectivity index (χ0) is 31.1. The molecule has 7 rings (SSSR count). The predicted octanol–water partition coefficient (Wildman–Crippen LogP) is 8.34. The predicted molar refractivity (Wildman–Crippen MR) is 176 cm³/mol. The molecule has 1 amide bonds. The van der Waals surface area contributed by atoms with Crippen LogP contribution in [0.5, 0.6) is 0 Å². The summed E-state index contributed by atoms with van der Waals surface area (Å²) in [7, 11) is 0. The quantitative estimate of drug-likeness (QED) is 0.101. The number of aromatic nitrogens is 3. The number of aliphatic hydroxyl groups is 1. The van der Waals surface area contributed by atoms with E-state index in [4.69, 9.17) is 0 Å². The summed E-state index contributed by atoms with van der Waals surface area (Å²) >= 11 is 3.86. The first-order valence-corrected chi connectivity index (χ1v) is 16.5. The number of carbonyl (C=O) groups excluding carboxylic acids is 2. The maximum atomic E-state index is 14.1. The fourth-order valence-corrected chi connectivity index (χ4v) is 8.24. The SMILES string of the molecule is Cc1nc(-c2ccccc2)sc1C(=O)C1=C(O)C(=O)N(c2nnc(SCc3cccc4ccccc34)s2)[C@H]1c1ccc(F)cc1. The second-order valence-electron chi connectivity index (χ2n) is 10.3. The van der Waals surface area contributed by atoms with E-state index in [9.17, 15) is 19.1 Å². The van der Waals surface area contributed by atoms with Crippen molar-refractivity contribution < 1.29 is 19.1 Å². The number of rotatable bonds is 8. The summed E-state index contributed by atoms with van der Waals surface area (Å²) in [5.41, 5.74) is 2.81. The molecular weight excluding hydrogens is 628 g/mol. The number of thiazole rings is 1. The molecule has 0 fully saturated rings. The number of benzene rings is 4. The zero-order valence-electron chi connectivity index (χ0n) is 23.7. The molecule has 0 radical (unpaired) electrons. The summed E-state index contributed by atoms with van der Waals surface area (Å²) in [6.45, 7) is 1.72. The van der Waals surface area contributed by atoms with Crippen LogP contribution in [-0.4, -0.2) is 32.0 Å². The van der Waals surface area contributed by atoms with Crippen LogP contribution in [0.3, 0.4) is 0 Å². The minimum atomic E-state index is -1.05. The number of Topliss-reactive ketones (excluding diaryl/α,β-unsaturated/α-hetero) is 1. The van der Waals surface area contributed by atoms with Crippen LogP contribution >= 0.6 is 34.4 Å². The first kappa shape index (κ1) is 29.0. The molecule has 45 heavy (non-hydrogen) atoms. The van der Waals surface area contributed by atoms with Crippen LogP contribution in [0.2, 0.25) is 0 Å². The molecule has 1 aliphatic heterocycles. The summed E-state index contributed by atoms with van der Waals surface area (Å²) in [5.74, 6) is -1.81. The third-order valence-corrected chi connectivity index (χ3v) is 10.8. The maximum Gasteiger partial charge on any atom is 0.296 e. The van der Waals surface area contributed by atoms with Crippen molar-refractivity contribution in [3.8, 4) is 10.6 Å². The number of carbonyl (C=O) groups is 2. The first-order chi connectivity index (χ1) is 21.9. The number of halogens is 1. The zero-order valence-corrected chi connectivity index (χ0v) is 26.1. The Labute approximate surface area is 269 Å². The van der Waals surface area contributed by atoms with Crippen molar-refractivity contribution in [3.63, 3.8) is 0 Å². The smallest absolute Gasteiger partial charge is 0.296 e. The Morgan fingerprint density at radius 2 is 1.67 bits per heavy atom. The lowest BCUT2D eigenvalue weighted by molar-refractivity contribution is -0.117. The second kappa shape index (κ2) is 12.0. The molecule has 2 aromatic heterocycles. The maximum absolute atomic E-state index is 14.1. The number of hydrogen-bond acceptors (Lipinski definition) is 9. The highest BCUT2D eigenvalue weighted by Crippen LogP contribution is 2.45. The summed E-state index contributed by atoms with van der Waals surface area (Å²) < 4.78 is 14.6. The largest absolute Gasteiger partial charge is 0.503 e. The van der Waals surface area contributed by atoms with Crippen molar-refractivity contribution in [3.05, 3.63) is 136 Å². The number of amides is 1. The lowest BCUT2D eigenvalue weighted by atomic mass is 9.95. The van der Waals surface area contributed by atoms with Gasteiger partial charge in [-0.15, -0.1) is 21.5 Å². The van der Waals surface area contributed by atoms with E-state index in [0.717, 1.165) is 21.9 Å². The van der Waals surface area contributed by atoms with Crippen LogP contribution in [0.1, 0.15) is 32.5 Å². The van der Waals surface area contributed by atoms with Gasteiger partial charge in [0.2, 0.25) is 10.9 Å². The van der Waals surface area contributed by atoms with Crippen molar-refractivity contribution in [1.82, 2.24) is 15.2 Å². The Morgan fingerprint density at radius 1 is 0.933 bits per heavy atom. The molecule has 0 saturated heterocycles. The number of fused-ring (bicyclic) bond motifs is 1. The highest BCUT2D eigenvalue weighted by molar-refractivity contribution is 8.00. The number of hydrogen-bond donors (Lipinski definition) is 1. The molecule has 3 heterocycles. The molecule has 11 heteroatoms. The molecule has 0 unspecified atom stereocenters. The monoisotopic (exact) mass is 650 g/mol. The highest BCUT2D eigenvalue weighted by Gasteiger charge is 2.46. The highest BCUT2D eigenvalue weighted by atomic mass is 32.2. The first-order valence-electron chi connectivity index (χ1n) is 13.9. The van der Waals surface area contributed by atoms with Gasteiger partial charge in [0.05, 0.1) is 22.2 Å². The van der Waals surface area contributed by atoms with Gasteiger partial charge in [0.1, 0.15) is 10.8 Å².